The van der Waals surface area contributed by atoms with Crippen LogP contribution in [-0.2, 0) is 18.4 Å². The number of phosphoric acid groups is 1. The van der Waals surface area contributed by atoms with Gasteiger partial charge in [0, 0.05) is 6.42 Å². The number of aliphatic hydroxyl groups is 1. The van der Waals surface area contributed by atoms with Crippen molar-refractivity contribution in [2.24, 2.45) is 0 Å². The molecule has 3 atom stereocenters. The van der Waals surface area contributed by atoms with Crippen LogP contribution in [0.5, 0.6) is 0 Å². The van der Waals surface area contributed by atoms with Crippen molar-refractivity contribution >= 4 is 13.7 Å². The number of likely N-dealkylation sites (N-methyl/N-ethyl adjacent to an activating group) is 1. The van der Waals surface area contributed by atoms with Crippen LogP contribution in [0.25, 0.3) is 0 Å². The van der Waals surface area contributed by atoms with E-state index in [1.165, 1.54) is 205 Å². The number of nitrogens with zero attached hydrogens (tertiary/aromatic N) is 1. The van der Waals surface area contributed by atoms with Crippen LogP contribution in [0.1, 0.15) is 290 Å². The average molecular weight is 1050 g/mol. The van der Waals surface area contributed by atoms with Crippen molar-refractivity contribution in [3.63, 3.8) is 0 Å². The monoisotopic (exact) mass is 1040 g/mol. The number of hydrogen-bond donors (Lipinski definition) is 2. The quantitative estimate of drug-likeness (QED) is 0.0272. The van der Waals surface area contributed by atoms with Crippen LogP contribution in [0.4, 0.5) is 0 Å². The van der Waals surface area contributed by atoms with E-state index >= 15 is 0 Å². The molecule has 0 radical (unpaired) electrons. The Morgan fingerprint density at radius 3 is 1.22 bits per heavy atom. The van der Waals surface area contributed by atoms with Crippen molar-refractivity contribution in [2.75, 3.05) is 40.9 Å². The van der Waals surface area contributed by atoms with Gasteiger partial charge in [0.25, 0.3) is 7.82 Å². The zero-order valence-corrected chi connectivity index (χ0v) is 49.7. The first-order valence-electron chi connectivity index (χ1n) is 31.2. The molecule has 0 aromatic rings. The van der Waals surface area contributed by atoms with Gasteiger partial charge in [-0.05, 0) is 57.8 Å². The molecule has 0 heterocycles. The number of phosphoric ester groups is 1. The summed E-state index contributed by atoms with van der Waals surface area (Å²) in [5, 5.41) is 13.9. The normalized spacial score (nSPS) is 14.2. The Hall–Kier alpha value is -1.80. The molecule has 0 bridgehead atoms. The summed E-state index contributed by atoms with van der Waals surface area (Å²) in [5.41, 5.74) is 0. The van der Waals surface area contributed by atoms with Crippen LogP contribution >= 0.6 is 7.82 Å². The molecule has 0 aliphatic carbocycles. The van der Waals surface area contributed by atoms with E-state index in [0.29, 0.717) is 17.4 Å². The van der Waals surface area contributed by atoms with E-state index in [-0.39, 0.29) is 19.1 Å². The number of allylic oxidation sites excluding steroid dienone is 9. The summed E-state index contributed by atoms with van der Waals surface area (Å²) in [6.45, 7) is 4.57. The summed E-state index contributed by atoms with van der Waals surface area (Å²) in [6, 6.07) is -0.888. The van der Waals surface area contributed by atoms with E-state index in [4.69, 9.17) is 9.05 Å². The highest BCUT2D eigenvalue weighted by atomic mass is 31.2. The molecule has 8 nitrogen and oxygen atoms in total. The molecule has 428 valence electrons. The van der Waals surface area contributed by atoms with E-state index in [1.807, 2.05) is 27.2 Å². The zero-order valence-electron chi connectivity index (χ0n) is 48.8. The number of nitrogens with one attached hydrogen (secondary N) is 1. The van der Waals surface area contributed by atoms with Crippen LogP contribution in [0, 0.1) is 0 Å². The molecule has 73 heavy (non-hydrogen) atoms. The lowest BCUT2D eigenvalue weighted by Gasteiger charge is -2.29. The van der Waals surface area contributed by atoms with Gasteiger partial charge in [-0.1, -0.05) is 286 Å². The molecule has 0 spiro atoms. The predicted molar refractivity (Wildman–Crippen MR) is 316 cm³/mol. The SMILES string of the molecule is CC/C=C\C/C=C\C/C=C\C/C=C\CCCCCCCCCCCCCCCCCCCCC(=O)NC(COP(=O)([O-])OCC[N+](C)(C)C)C(O)/C=C/CCCCCCCCCCCCCCCCCCCC. The molecule has 0 fully saturated rings. The second-order valence-electron chi connectivity index (χ2n) is 22.4. The van der Waals surface area contributed by atoms with Gasteiger partial charge in [-0.15, -0.1) is 0 Å². The van der Waals surface area contributed by atoms with Gasteiger partial charge in [-0.2, -0.15) is 0 Å². The molecule has 9 heteroatoms. The Bertz CT molecular complexity index is 1370. The number of hydrogen-bond acceptors (Lipinski definition) is 6. The minimum absolute atomic E-state index is 0.000728. The second-order valence-corrected chi connectivity index (χ2v) is 23.8. The maximum atomic E-state index is 13.0. The minimum atomic E-state index is -4.60. The Morgan fingerprint density at radius 2 is 0.836 bits per heavy atom. The van der Waals surface area contributed by atoms with Gasteiger partial charge in [0.05, 0.1) is 39.9 Å². The number of aliphatic hydroxyl groups excluding tert-OH is 1. The molecule has 0 saturated carbocycles. The molecular weight excluding hydrogens is 924 g/mol. The maximum Gasteiger partial charge on any atom is 0.268 e. The van der Waals surface area contributed by atoms with Crippen molar-refractivity contribution in [3.05, 3.63) is 60.8 Å². The summed E-state index contributed by atoms with van der Waals surface area (Å²) in [6.07, 6.45) is 74.5. The molecule has 0 rings (SSSR count). The lowest BCUT2D eigenvalue weighted by Crippen LogP contribution is -2.45. The van der Waals surface area contributed by atoms with Crippen molar-refractivity contribution in [1.29, 1.82) is 0 Å². The van der Waals surface area contributed by atoms with Crippen molar-refractivity contribution < 1.29 is 32.9 Å². The van der Waals surface area contributed by atoms with Crippen LogP contribution in [0.2, 0.25) is 0 Å². The highest BCUT2D eigenvalue weighted by Crippen LogP contribution is 2.38. The Balaban J connectivity index is 4.10. The largest absolute Gasteiger partial charge is 0.756 e. The fraction of sp³-hybridized carbons (Fsp3) is 0.828. The molecule has 0 aromatic carbocycles. The van der Waals surface area contributed by atoms with Gasteiger partial charge in [-0.3, -0.25) is 9.36 Å². The fourth-order valence-electron chi connectivity index (χ4n) is 9.15. The Morgan fingerprint density at radius 1 is 0.493 bits per heavy atom. The number of unbranched alkanes of at least 4 members (excludes halogenated alkanes) is 36. The Labute approximate surface area is 453 Å². The average Bonchev–Trinajstić information content (AvgIpc) is 3.35. The lowest BCUT2D eigenvalue weighted by molar-refractivity contribution is -0.870. The van der Waals surface area contributed by atoms with Crippen molar-refractivity contribution in [1.82, 2.24) is 5.32 Å². The van der Waals surface area contributed by atoms with E-state index < -0.39 is 20.0 Å². The number of rotatable bonds is 57. The van der Waals surface area contributed by atoms with Gasteiger partial charge in [-0.25, -0.2) is 0 Å². The maximum absolute atomic E-state index is 13.0. The van der Waals surface area contributed by atoms with Crippen LogP contribution in [0.15, 0.2) is 60.8 Å². The Kier molecular flexibility index (Phi) is 53.6. The highest BCUT2D eigenvalue weighted by Gasteiger charge is 2.23. The summed E-state index contributed by atoms with van der Waals surface area (Å²) in [4.78, 5) is 25.6. The molecule has 3 unspecified atom stereocenters. The highest BCUT2D eigenvalue weighted by molar-refractivity contribution is 7.45. The minimum Gasteiger partial charge on any atom is -0.756 e. The number of carbonyl (C=O) groups excluding carboxylic acids is 1. The van der Waals surface area contributed by atoms with Gasteiger partial charge in [0.15, 0.2) is 0 Å². The molecule has 0 aliphatic heterocycles. The molecule has 2 N–H and O–H groups in total. The zero-order chi connectivity index (χ0) is 53.5. The van der Waals surface area contributed by atoms with Crippen LogP contribution < -0.4 is 10.2 Å². The van der Waals surface area contributed by atoms with Gasteiger partial charge < -0.3 is 28.8 Å². The van der Waals surface area contributed by atoms with E-state index in [1.54, 1.807) is 6.08 Å². The van der Waals surface area contributed by atoms with E-state index in [2.05, 4.69) is 67.8 Å². The topological polar surface area (TPSA) is 108 Å². The van der Waals surface area contributed by atoms with Crippen molar-refractivity contribution in [2.45, 2.75) is 302 Å². The third-order valence-electron chi connectivity index (χ3n) is 14.0. The van der Waals surface area contributed by atoms with Crippen LogP contribution in [-0.4, -0.2) is 68.5 Å². The molecular formula is C64H121N2O6P. The third kappa shape index (κ3) is 57.7. The fourth-order valence-corrected chi connectivity index (χ4v) is 9.87. The van der Waals surface area contributed by atoms with E-state index in [9.17, 15) is 19.4 Å². The van der Waals surface area contributed by atoms with Gasteiger partial charge >= 0.3 is 0 Å². The number of amides is 1. The second kappa shape index (κ2) is 55.0. The number of carbonyl (C=O) groups is 1. The summed E-state index contributed by atoms with van der Waals surface area (Å²) in [5.74, 6) is -0.194. The first kappa shape index (κ1) is 71.2. The molecule has 0 aromatic heterocycles. The lowest BCUT2D eigenvalue weighted by atomic mass is 10.0. The molecule has 0 saturated heterocycles. The van der Waals surface area contributed by atoms with Crippen LogP contribution in [0.3, 0.4) is 0 Å². The number of quaternary nitrogens is 1. The van der Waals surface area contributed by atoms with Gasteiger partial charge in [0.1, 0.15) is 13.2 Å². The third-order valence-corrected chi connectivity index (χ3v) is 14.9. The van der Waals surface area contributed by atoms with Gasteiger partial charge in [0.2, 0.25) is 5.91 Å². The standard InChI is InChI=1S/C64H121N2O6P/c1-6-8-10-12-14-16-18-20-22-24-26-28-29-30-31-32-33-34-35-36-37-38-40-42-44-46-48-50-52-54-56-58-64(68)65-62(61-72-73(69,70)71-60-59-66(3,4)5)63(67)57-55-53-51-49-47-45-43-41-39-27-25-23-21-19-17-15-13-11-9-7-2/h8,10,14,16,20,22,26,28,55,57,62-63,67H,6-7,9,11-13,15,17-19,21,23-25,27,29-54,56,58-61H2,1-5H3,(H-,65,68,69,70)/b10-8-,16-14-,22-20-,28-26-,57-55+. The molecule has 0 aliphatic rings. The van der Waals surface area contributed by atoms with Crippen molar-refractivity contribution in [3.8, 4) is 0 Å². The predicted octanol–water partition coefficient (Wildman–Crippen LogP) is 18.6. The first-order valence-corrected chi connectivity index (χ1v) is 32.6. The summed E-state index contributed by atoms with van der Waals surface area (Å²) in [7, 11) is 1.27. The molecule has 1 amide bonds. The smallest absolute Gasteiger partial charge is 0.268 e. The van der Waals surface area contributed by atoms with E-state index in [0.717, 1.165) is 64.2 Å². The summed E-state index contributed by atoms with van der Waals surface area (Å²) < 4.78 is 23.4. The summed E-state index contributed by atoms with van der Waals surface area (Å²) >= 11 is 0. The first-order chi connectivity index (χ1) is 35.5.